The highest BCUT2D eigenvalue weighted by atomic mass is 32.1. The number of anilines is 1. The van der Waals surface area contributed by atoms with Gasteiger partial charge in [0.05, 0.1) is 11.2 Å². The molecule has 12 heavy (non-hydrogen) atoms. The van der Waals surface area contributed by atoms with Gasteiger partial charge in [-0.25, -0.2) is 4.98 Å². The second-order valence-electron chi connectivity index (χ2n) is 2.87. The zero-order valence-corrected chi connectivity index (χ0v) is 7.73. The number of carbonyl (C=O) groups excluding carboxylic acids is 1. The van der Waals surface area contributed by atoms with Gasteiger partial charge in [0.15, 0.2) is 0 Å². The van der Waals surface area contributed by atoms with Gasteiger partial charge < -0.3 is 4.90 Å². The third kappa shape index (κ3) is 1.22. The van der Waals surface area contributed by atoms with Crippen LogP contribution in [0.5, 0.6) is 0 Å². The lowest BCUT2D eigenvalue weighted by atomic mass is 10.4. The molecule has 0 bridgehead atoms. The standard InChI is InChI=1S/C8H10N2OS/c1-6-9-5-8(12-6)10-4-2-3-7(10)11/h5H,2-4H2,1H3. The van der Waals surface area contributed by atoms with Gasteiger partial charge in [-0.2, -0.15) is 0 Å². The normalized spacial score (nSPS) is 17.4. The van der Waals surface area contributed by atoms with Crippen molar-refractivity contribution in [1.29, 1.82) is 0 Å². The summed E-state index contributed by atoms with van der Waals surface area (Å²) in [5, 5.41) is 2.01. The number of carbonyl (C=O) groups is 1. The van der Waals surface area contributed by atoms with Crippen LogP contribution in [0.3, 0.4) is 0 Å². The number of hydrogen-bond donors (Lipinski definition) is 0. The molecule has 0 unspecified atom stereocenters. The predicted octanol–water partition coefficient (Wildman–Crippen LogP) is 1.58. The van der Waals surface area contributed by atoms with Crippen LogP contribution >= 0.6 is 11.3 Å². The zero-order chi connectivity index (χ0) is 8.55. The average molecular weight is 182 g/mol. The first kappa shape index (κ1) is 7.73. The maximum atomic E-state index is 11.3. The molecule has 0 N–H and O–H groups in total. The van der Waals surface area contributed by atoms with Crippen LogP contribution in [0, 0.1) is 6.92 Å². The van der Waals surface area contributed by atoms with Crippen LogP contribution in [0.25, 0.3) is 0 Å². The maximum Gasteiger partial charge on any atom is 0.227 e. The van der Waals surface area contributed by atoms with Crippen molar-refractivity contribution in [3.63, 3.8) is 0 Å². The minimum atomic E-state index is 0.235. The SMILES string of the molecule is Cc1ncc(N2CCCC2=O)s1. The van der Waals surface area contributed by atoms with E-state index in [1.807, 2.05) is 11.8 Å². The van der Waals surface area contributed by atoms with Crippen molar-refractivity contribution < 1.29 is 4.79 Å². The van der Waals surface area contributed by atoms with Gasteiger partial charge in [0.1, 0.15) is 5.00 Å². The van der Waals surface area contributed by atoms with Crippen molar-refractivity contribution in [1.82, 2.24) is 4.98 Å². The molecule has 0 spiro atoms. The summed E-state index contributed by atoms with van der Waals surface area (Å²) < 4.78 is 0. The summed E-state index contributed by atoms with van der Waals surface area (Å²) in [5.41, 5.74) is 0. The van der Waals surface area contributed by atoms with E-state index >= 15 is 0 Å². The Morgan fingerprint density at radius 2 is 2.50 bits per heavy atom. The third-order valence-electron chi connectivity index (χ3n) is 1.95. The van der Waals surface area contributed by atoms with Gasteiger partial charge in [-0.3, -0.25) is 4.79 Å². The highest BCUT2D eigenvalue weighted by Crippen LogP contribution is 2.26. The van der Waals surface area contributed by atoms with Crippen molar-refractivity contribution in [3.8, 4) is 0 Å². The molecular weight excluding hydrogens is 172 g/mol. The molecule has 1 aliphatic rings. The van der Waals surface area contributed by atoms with Crippen LogP contribution in [0.2, 0.25) is 0 Å². The minimum absolute atomic E-state index is 0.235. The van der Waals surface area contributed by atoms with E-state index in [4.69, 9.17) is 0 Å². The third-order valence-corrected chi connectivity index (χ3v) is 2.88. The first-order chi connectivity index (χ1) is 5.77. The second kappa shape index (κ2) is 2.86. The van der Waals surface area contributed by atoms with E-state index in [0.29, 0.717) is 6.42 Å². The van der Waals surface area contributed by atoms with Crippen molar-refractivity contribution in [2.75, 3.05) is 11.4 Å². The number of thiazole rings is 1. The number of nitrogens with zero attached hydrogens (tertiary/aromatic N) is 2. The first-order valence-corrected chi connectivity index (χ1v) is 4.82. The Hall–Kier alpha value is -0.900. The summed E-state index contributed by atoms with van der Waals surface area (Å²) in [7, 11) is 0. The van der Waals surface area contributed by atoms with E-state index in [1.54, 1.807) is 17.5 Å². The second-order valence-corrected chi connectivity index (χ2v) is 4.08. The highest BCUT2D eigenvalue weighted by molar-refractivity contribution is 7.15. The molecule has 64 valence electrons. The molecule has 2 rings (SSSR count). The fraction of sp³-hybridized carbons (Fsp3) is 0.500. The van der Waals surface area contributed by atoms with Crippen molar-refractivity contribution >= 4 is 22.2 Å². The summed E-state index contributed by atoms with van der Waals surface area (Å²) >= 11 is 1.58. The number of amides is 1. The quantitative estimate of drug-likeness (QED) is 0.660. The van der Waals surface area contributed by atoms with Gasteiger partial charge in [0.25, 0.3) is 0 Å². The Kier molecular flexibility index (Phi) is 1.84. The van der Waals surface area contributed by atoms with Crippen molar-refractivity contribution in [3.05, 3.63) is 11.2 Å². The molecule has 1 amide bonds. The van der Waals surface area contributed by atoms with E-state index in [-0.39, 0.29) is 5.91 Å². The molecule has 1 fully saturated rings. The van der Waals surface area contributed by atoms with Crippen LogP contribution in [0.4, 0.5) is 5.00 Å². The minimum Gasteiger partial charge on any atom is -0.302 e. The summed E-state index contributed by atoms with van der Waals surface area (Å²) in [6.07, 6.45) is 3.45. The molecule has 1 aromatic heterocycles. The van der Waals surface area contributed by atoms with Gasteiger partial charge >= 0.3 is 0 Å². The number of aromatic nitrogens is 1. The monoisotopic (exact) mass is 182 g/mol. The van der Waals surface area contributed by atoms with E-state index < -0.39 is 0 Å². The van der Waals surface area contributed by atoms with Gasteiger partial charge in [-0.1, -0.05) is 0 Å². The lowest BCUT2D eigenvalue weighted by Crippen LogP contribution is -2.22. The maximum absolute atomic E-state index is 11.3. The Balaban J connectivity index is 2.24. The lowest BCUT2D eigenvalue weighted by Gasteiger charge is -2.10. The number of rotatable bonds is 1. The van der Waals surface area contributed by atoms with Crippen LogP contribution in [-0.2, 0) is 4.79 Å². The molecule has 3 nitrogen and oxygen atoms in total. The molecule has 1 aromatic rings. The number of hydrogen-bond acceptors (Lipinski definition) is 3. The largest absolute Gasteiger partial charge is 0.302 e. The van der Waals surface area contributed by atoms with Crippen LogP contribution in [0.15, 0.2) is 6.20 Å². The van der Waals surface area contributed by atoms with E-state index in [1.165, 1.54) is 0 Å². The molecule has 0 aromatic carbocycles. The molecular formula is C8H10N2OS. The summed E-state index contributed by atoms with van der Waals surface area (Å²) in [4.78, 5) is 17.2. The van der Waals surface area contributed by atoms with E-state index in [0.717, 1.165) is 23.0 Å². The molecule has 4 heteroatoms. The average Bonchev–Trinajstić information content (AvgIpc) is 2.58. The van der Waals surface area contributed by atoms with E-state index in [9.17, 15) is 4.79 Å². The Labute approximate surface area is 75.0 Å². The summed E-state index contributed by atoms with van der Waals surface area (Å²) in [6, 6.07) is 0. The topological polar surface area (TPSA) is 33.2 Å². The molecule has 1 saturated heterocycles. The molecule has 0 atom stereocenters. The Bertz CT molecular complexity index is 308. The van der Waals surface area contributed by atoms with Crippen LogP contribution < -0.4 is 4.90 Å². The van der Waals surface area contributed by atoms with Crippen molar-refractivity contribution in [2.45, 2.75) is 19.8 Å². The van der Waals surface area contributed by atoms with Crippen LogP contribution in [-0.4, -0.2) is 17.4 Å². The highest BCUT2D eigenvalue weighted by Gasteiger charge is 2.22. The summed E-state index contributed by atoms with van der Waals surface area (Å²) in [6.45, 7) is 2.81. The van der Waals surface area contributed by atoms with Gasteiger partial charge in [-0.05, 0) is 13.3 Å². The van der Waals surface area contributed by atoms with Gasteiger partial charge in [-0.15, -0.1) is 11.3 Å². The molecule has 0 saturated carbocycles. The Morgan fingerprint density at radius 1 is 1.67 bits per heavy atom. The van der Waals surface area contributed by atoms with E-state index in [2.05, 4.69) is 4.98 Å². The number of aryl methyl sites for hydroxylation is 1. The molecule has 2 heterocycles. The molecule has 0 aliphatic carbocycles. The lowest BCUT2D eigenvalue weighted by molar-refractivity contribution is -0.117. The smallest absolute Gasteiger partial charge is 0.227 e. The fourth-order valence-corrected chi connectivity index (χ4v) is 2.17. The zero-order valence-electron chi connectivity index (χ0n) is 6.91. The van der Waals surface area contributed by atoms with Gasteiger partial charge in [0, 0.05) is 13.0 Å². The van der Waals surface area contributed by atoms with Crippen molar-refractivity contribution in [2.24, 2.45) is 0 Å². The first-order valence-electron chi connectivity index (χ1n) is 4.00. The summed E-state index contributed by atoms with van der Waals surface area (Å²) in [5.74, 6) is 0.235. The fourth-order valence-electron chi connectivity index (χ4n) is 1.36. The molecule has 0 radical (unpaired) electrons. The Morgan fingerprint density at radius 3 is 3.00 bits per heavy atom. The predicted molar refractivity (Wildman–Crippen MR) is 48.4 cm³/mol. The van der Waals surface area contributed by atoms with Gasteiger partial charge in [0.2, 0.25) is 5.91 Å². The van der Waals surface area contributed by atoms with Crippen LogP contribution in [0.1, 0.15) is 17.8 Å². The molecule has 1 aliphatic heterocycles.